The lowest BCUT2D eigenvalue weighted by Gasteiger charge is -2.60. The first-order valence-electron chi connectivity index (χ1n) is 13.0. The summed E-state index contributed by atoms with van der Waals surface area (Å²) in [6.07, 6.45) is 8.48. The standard InChI is InChI=1S/C28H40N2O3/c1-17(18-5-7-19(33-4)8-6-18)29-26(32)23-11-10-21-20-9-12-24-28(3,16-14-25(31)30-24)22(20)13-15-27(21,23)2/h5-8,17,20-24H,9-16H2,1-4H3,(H,29,32)(H,30,31)/t17?,20-,21-,22-,23+,24?,27-,28+/m0/s1. The normalized spacial score (nSPS) is 40.6. The van der Waals surface area contributed by atoms with Gasteiger partial charge < -0.3 is 15.4 Å². The SMILES string of the molecule is COc1ccc(C(C)NC(=O)[C@H]2CC[C@H]3[C@@H]4CCC5NC(=O)CC[C@]5(C)[C@H]4CC[C@]23C)cc1. The zero-order valence-electron chi connectivity index (χ0n) is 20.7. The Morgan fingerprint density at radius 1 is 1.03 bits per heavy atom. The molecule has 1 saturated heterocycles. The van der Waals surface area contributed by atoms with Crippen LogP contribution in [0.1, 0.15) is 83.7 Å². The fourth-order valence-corrected chi connectivity index (χ4v) is 8.42. The maximum absolute atomic E-state index is 13.5. The van der Waals surface area contributed by atoms with Crippen molar-refractivity contribution >= 4 is 11.8 Å². The number of benzene rings is 1. The van der Waals surface area contributed by atoms with Gasteiger partial charge in [0.2, 0.25) is 11.8 Å². The minimum Gasteiger partial charge on any atom is -0.497 e. The smallest absolute Gasteiger partial charge is 0.224 e. The Kier molecular flexibility index (Phi) is 5.73. The number of ether oxygens (including phenoxy) is 1. The monoisotopic (exact) mass is 452 g/mol. The summed E-state index contributed by atoms with van der Waals surface area (Å²) in [5.74, 6) is 3.39. The highest BCUT2D eigenvalue weighted by Crippen LogP contribution is 2.65. The highest BCUT2D eigenvalue weighted by Gasteiger charge is 2.61. The van der Waals surface area contributed by atoms with E-state index in [9.17, 15) is 9.59 Å². The second kappa shape index (κ2) is 8.32. The number of nitrogens with one attached hydrogen (secondary N) is 2. The van der Waals surface area contributed by atoms with Gasteiger partial charge in [-0.25, -0.2) is 0 Å². The van der Waals surface area contributed by atoms with Crippen molar-refractivity contribution in [1.82, 2.24) is 10.6 Å². The molecule has 0 spiro atoms. The summed E-state index contributed by atoms with van der Waals surface area (Å²) in [5, 5.41) is 6.66. The average molecular weight is 453 g/mol. The van der Waals surface area contributed by atoms with Gasteiger partial charge in [-0.15, -0.1) is 0 Å². The van der Waals surface area contributed by atoms with Crippen LogP contribution in [0.2, 0.25) is 0 Å². The number of methoxy groups -OCH3 is 1. The van der Waals surface area contributed by atoms with Crippen LogP contribution >= 0.6 is 0 Å². The maximum atomic E-state index is 13.5. The van der Waals surface area contributed by atoms with E-state index in [1.165, 1.54) is 19.3 Å². The van der Waals surface area contributed by atoms with Crippen molar-refractivity contribution < 1.29 is 14.3 Å². The highest BCUT2D eigenvalue weighted by atomic mass is 16.5. The number of piperidine rings is 1. The molecule has 5 nitrogen and oxygen atoms in total. The number of carbonyl (C=O) groups is 2. The van der Waals surface area contributed by atoms with E-state index in [2.05, 4.69) is 31.4 Å². The zero-order valence-corrected chi connectivity index (χ0v) is 20.7. The fourth-order valence-electron chi connectivity index (χ4n) is 8.42. The summed E-state index contributed by atoms with van der Waals surface area (Å²) in [6, 6.07) is 8.32. The number of carbonyl (C=O) groups excluding carboxylic acids is 2. The van der Waals surface area contributed by atoms with E-state index >= 15 is 0 Å². The minimum atomic E-state index is -0.0115. The molecule has 3 aliphatic carbocycles. The molecular formula is C28H40N2O3. The molecule has 1 aromatic rings. The quantitative estimate of drug-likeness (QED) is 0.675. The van der Waals surface area contributed by atoms with Crippen molar-refractivity contribution in [1.29, 1.82) is 0 Å². The molecule has 8 atom stereocenters. The van der Waals surface area contributed by atoms with Gasteiger partial charge in [0.1, 0.15) is 5.75 Å². The van der Waals surface area contributed by atoms with Crippen LogP contribution in [0, 0.1) is 34.5 Å². The van der Waals surface area contributed by atoms with Crippen molar-refractivity contribution in [2.75, 3.05) is 7.11 Å². The summed E-state index contributed by atoms with van der Waals surface area (Å²) in [6.45, 7) is 6.91. The Hall–Kier alpha value is -2.04. The van der Waals surface area contributed by atoms with Crippen LogP contribution in [-0.2, 0) is 9.59 Å². The second-order valence-electron chi connectivity index (χ2n) is 11.8. The van der Waals surface area contributed by atoms with Gasteiger partial charge in [0.25, 0.3) is 0 Å². The summed E-state index contributed by atoms with van der Waals surface area (Å²) in [4.78, 5) is 25.5. The molecule has 0 radical (unpaired) electrons. The summed E-state index contributed by atoms with van der Waals surface area (Å²) >= 11 is 0. The Morgan fingerprint density at radius 2 is 1.76 bits per heavy atom. The number of fused-ring (bicyclic) bond motifs is 5. The molecule has 180 valence electrons. The average Bonchev–Trinajstić information content (AvgIpc) is 3.17. The highest BCUT2D eigenvalue weighted by molar-refractivity contribution is 5.80. The molecule has 1 aromatic carbocycles. The number of amides is 2. The van der Waals surface area contributed by atoms with Gasteiger partial charge in [0, 0.05) is 18.4 Å². The molecule has 33 heavy (non-hydrogen) atoms. The third kappa shape index (κ3) is 3.66. The topological polar surface area (TPSA) is 67.4 Å². The summed E-state index contributed by atoms with van der Waals surface area (Å²) in [7, 11) is 1.67. The number of hydrogen-bond donors (Lipinski definition) is 2. The van der Waals surface area contributed by atoms with E-state index in [0.29, 0.717) is 30.2 Å². The van der Waals surface area contributed by atoms with Gasteiger partial charge in [-0.3, -0.25) is 9.59 Å². The molecule has 3 saturated carbocycles. The molecule has 2 unspecified atom stereocenters. The van der Waals surface area contributed by atoms with Crippen molar-refractivity contribution in [2.45, 2.75) is 84.2 Å². The number of rotatable bonds is 4. The fraction of sp³-hybridized carbons (Fsp3) is 0.714. The molecule has 2 N–H and O–H groups in total. The third-order valence-corrected chi connectivity index (χ3v) is 10.4. The van der Waals surface area contributed by atoms with Crippen molar-refractivity contribution in [3.63, 3.8) is 0 Å². The molecule has 4 aliphatic rings. The van der Waals surface area contributed by atoms with E-state index in [0.717, 1.165) is 37.0 Å². The lowest BCUT2D eigenvalue weighted by molar-refractivity contribution is -0.142. The molecule has 0 aromatic heterocycles. The van der Waals surface area contributed by atoms with Gasteiger partial charge in [0.05, 0.1) is 13.2 Å². The van der Waals surface area contributed by atoms with Crippen LogP contribution in [0.5, 0.6) is 5.75 Å². The first-order chi connectivity index (χ1) is 15.8. The minimum absolute atomic E-state index is 0.0115. The van der Waals surface area contributed by atoms with Gasteiger partial charge in [0.15, 0.2) is 0 Å². The van der Waals surface area contributed by atoms with Crippen LogP contribution in [0.3, 0.4) is 0 Å². The van der Waals surface area contributed by atoms with Crippen LogP contribution < -0.4 is 15.4 Å². The Bertz CT molecular complexity index is 914. The first-order valence-corrected chi connectivity index (χ1v) is 13.0. The molecule has 2 amide bonds. The Labute approximate surface area is 198 Å². The van der Waals surface area contributed by atoms with Crippen LogP contribution in [0.25, 0.3) is 0 Å². The van der Waals surface area contributed by atoms with E-state index in [1.54, 1.807) is 7.11 Å². The predicted molar refractivity (Wildman–Crippen MR) is 129 cm³/mol. The Morgan fingerprint density at radius 3 is 2.48 bits per heavy atom. The first kappa shape index (κ1) is 22.7. The molecule has 0 bridgehead atoms. The number of hydrogen-bond acceptors (Lipinski definition) is 3. The molecule has 5 heteroatoms. The van der Waals surface area contributed by atoms with Gasteiger partial charge in [-0.05, 0) is 98.1 Å². The summed E-state index contributed by atoms with van der Waals surface area (Å²) < 4.78 is 5.26. The van der Waals surface area contributed by atoms with Crippen molar-refractivity contribution in [2.24, 2.45) is 34.5 Å². The third-order valence-electron chi connectivity index (χ3n) is 10.4. The maximum Gasteiger partial charge on any atom is 0.224 e. The van der Waals surface area contributed by atoms with E-state index in [1.807, 2.05) is 24.3 Å². The van der Waals surface area contributed by atoms with Gasteiger partial charge >= 0.3 is 0 Å². The van der Waals surface area contributed by atoms with Crippen LogP contribution in [-0.4, -0.2) is 25.0 Å². The Balaban J connectivity index is 1.29. The van der Waals surface area contributed by atoms with E-state index < -0.39 is 0 Å². The lowest BCUT2D eigenvalue weighted by Crippen LogP contribution is -2.61. The zero-order chi connectivity index (χ0) is 23.4. The van der Waals surface area contributed by atoms with Gasteiger partial charge in [-0.1, -0.05) is 26.0 Å². The van der Waals surface area contributed by atoms with Crippen molar-refractivity contribution in [3.8, 4) is 5.75 Å². The van der Waals surface area contributed by atoms with Gasteiger partial charge in [-0.2, -0.15) is 0 Å². The molecule has 1 aliphatic heterocycles. The molecule has 5 rings (SSSR count). The largest absolute Gasteiger partial charge is 0.497 e. The van der Waals surface area contributed by atoms with Crippen LogP contribution in [0.4, 0.5) is 0 Å². The predicted octanol–water partition coefficient (Wildman–Crippen LogP) is 5.01. The second-order valence-corrected chi connectivity index (χ2v) is 11.8. The summed E-state index contributed by atoms with van der Waals surface area (Å²) in [5.41, 5.74) is 1.42. The van der Waals surface area contributed by atoms with Crippen LogP contribution in [0.15, 0.2) is 24.3 Å². The molecule has 4 fully saturated rings. The lowest BCUT2D eigenvalue weighted by atomic mass is 9.47. The van der Waals surface area contributed by atoms with E-state index in [-0.39, 0.29) is 34.6 Å². The molecule has 1 heterocycles. The van der Waals surface area contributed by atoms with Crippen molar-refractivity contribution in [3.05, 3.63) is 29.8 Å². The van der Waals surface area contributed by atoms with E-state index in [4.69, 9.17) is 4.74 Å². The molecular weight excluding hydrogens is 412 g/mol.